The zero-order chi connectivity index (χ0) is 12.6. The summed E-state index contributed by atoms with van der Waals surface area (Å²) in [7, 11) is 0. The molecule has 0 aromatic rings. The fraction of sp³-hybridized carbons (Fsp3) is 0.833. The first kappa shape index (κ1) is 13.0. The van der Waals surface area contributed by atoms with Crippen LogP contribution in [0.1, 0.15) is 40.5 Å². The summed E-state index contributed by atoms with van der Waals surface area (Å²) in [6.07, 6.45) is 1.39. The molecular formula is C12H21NO3. The Balaban J connectivity index is 2.27. The van der Waals surface area contributed by atoms with Crippen LogP contribution in [0, 0.1) is 16.7 Å². The number of hydrogen-bond acceptors (Lipinski definition) is 2. The van der Waals surface area contributed by atoms with E-state index in [2.05, 4.69) is 19.2 Å². The highest BCUT2D eigenvalue weighted by Gasteiger charge is 2.50. The van der Waals surface area contributed by atoms with Gasteiger partial charge in [-0.1, -0.05) is 13.8 Å². The maximum atomic E-state index is 11.6. The molecule has 92 valence electrons. The van der Waals surface area contributed by atoms with Crippen LogP contribution in [0.25, 0.3) is 0 Å². The number of amides is 1. The summed E-state index contributed by atoms with van der Waals surface area (Å²) in [6.45, 7) is 7.91. The second-order valence-electron chi connectivity index (χ2n) is 5.98. The Morgan fingerprint density at radius 3 is 2.31 bits per heavy atom. The number of nitrogens with one attached hydrogen (secondary N) is 1. The summed E-state index contributed by atoms with van der Waals surface area (Å²) >= 11 is 0. The van der Waals surface area contributed by atoms with Gasteiger partial charge >= 0.3 is 5.97 Å². The van der Waals surface area contributed by atoms with E-state index >= 15 is 0 Å². The molecule has 1 rings (SSSR count). The third-order valence-electron chi connectivity index (χ3n) is 3.46. The van der Waals surface area contributed by atoms with Gasteiger partial charge in [-0.2, -0.15) is 0 Å². The highest BCUT2D eigenvalue weighted by atomic mass is 16.4. The van der Waals surface area contributed by atoms with Crippen LogP contribution in [0.4, 0.5) is 0 Å². The summed E-state index contributed by atoms with van der Waals surface area (Å²) in [5, 5.41) is 11.7. The highest BCUT2D eigenvalue weighted by Crippen LogP contribution is 2.51. The van der Waals surface area contributed by atoms with Crippen molar-refractivity contribution < 1.29 is 14.7 Å². The van der Waals surface area contributed by atoms with Crippen molar-refractivity contribution in [2.45, 2.75) is 40.5 Å². The van der Waals surface area contributed by atoms with Gasteiger partial charge in [-0.05, 0) is 32.1 Å². The second kappa shape index (κ2) is 4.07. The van der Waals surface area contributed by atoms with E-state index in [0.29, 0.717) is 13.0 Å². The fourth-order valence-electron chi connectivity index (χ4n) is 1.64. The lowest BCUT2D eigenvalue weighted by atomic mass is 9.90. The van der Waals surface area contributed by atoms with Crippen molar-refractivity contribution in [3.8, 4) is 0 Å². The number of aliphatic carboxylic acids is 1. The molecule has 1 saturated carbocycles. The van der Waals surface area contributed by atoms with Crippen molar-refractivity contribution in [2.24, 2.45) is 16.7 Å². The van der Waals surface area contributed by atoms with Gasteiger partial charge in [-0.25, -0.2) is 0 Å². The lowest BCUT2D eigenvalue weighted by Crippen LogP contribution is -2.33. The summed E-state index contributed by atoms with van der Waals surface area (Å²) in [5.74, 6) is -0.653. The van der Waals surface area contributed by atoms with Crippen LogP contribution in [0.5, 0.6) is 0 Å². The van der Waals surface area contributed by atoms with Crippen LogP contribution in [-0.2, 0) is 9.59 Å². The van der Waals surface area contributed by atoms with E-state index in [1.807, 2.05) is 0 Å². The number of carbonyl (C=O) groups is 2. The Morgan fingerprint density at radius 1 is 1.44 bits per heavy atom. The summed E-state index contributed by atoms with van der Waals surface area (Å²) in [6, 6.07) is 0. The van der Waals surface area contributed by atoms with Crippen molar-refractivity contribution in [1.82, 2.24) is 5.32 Å². The quantitative estimate of drug-likeness (QED) is 0.750. The molecule has 0 aromatic carbocycles. The summed E-state index contributed by atoms with van der Waals surface area (Å²) < 4.78 is 0. The Hall–Kier alpha value is -1.06. The maximum Gasteiger partial charge on any atom is 0.309 e. The first-order valence-electron chi connectivity index (χ1n) is 5.68. The Bertz CT molecular complexity index is 307. The molecule has 0 bridgehead atoms. The van der Waals surface area contributed by atoms with Crippen LogP contribution in [0.15, 0.2) is 0 Å². The van der Waals surface area contributed by atoms with Crippen LogP contribution in [0.2, 0.25) is 0 Å². The van der Waals surface area contributed by atoms with Gasteiger partial charge in [-0.15, -0.1) is 0 Å². The number of carboxylic acid groups (broad SMARTS) is 1. The minimum atomic E-state index is -0.825. The van der Waals surface area contributed by atoms with E-state index in [0.717, 1.165) is 6.42 Å². The normalized spacial score (nSPS) is 22.6. The predicted octanol–water partition coefficient (Wildman–Crippen LogP) is 1.65. The van der Waals surface area contributed by atoms with Crippen LogP contribution >= 0.6 is 0 Å². The van der Waals surface area contributed by atoms with Crippen LogP contribution in [0.3, 0.4) is 0 Å². The molecule has 0 unspecified atom stereocenters. The van der Waals surface area contributed by atoms with Crippen molar-refractivity contribution in [2.75, 3.05) is 6.54 Å². The zero-order valence-electron chi connectivity index (χ0n) is 10.5. The third-order valence-corrected chi connectivity index (χ3v) is 3.46. The van der Waals surface area contributed by atoms with Crippen LogP contribution < -0.4 is 5.32 Å². The smallest absolute Gasteiger partial charge is 0.309 e. The molecular weight excluding hydrogens is 206 g/mol. The van der Waals surface area contributed by atoms with Gasteiger partial charge in [0.05, 0.1) is 5.41 Å². The highest BCUT2D eigenvalue weighted by molar-refractivity contribution is 5.82. The molecule has 4 nitrogen and oxygen atoms in total. The molecule has 0 spiro atoms. The van der Waals surface area contributed by atoms with Gasteiger partial charge in [0, 0.05) is 12.5 Å². The molecule has 0 aliphatic heterocycles. The lowest BCUT2D eigenvalue weighted by molar-refractivity contribution is -0.147. The predicted molar refractivity (Wildman–Crippen MR) is 60.9 cm³/mol. The topological polar surface area (TPSA) is 66.4 Å². The molecule has 0 heterocycles. The Kier molecular flexibility index (Phi) is 3.31. The van der Waals surface area contributed by atoms with Crippen molar-refractivity contribution in [3.05, 3.63) is 0 Å². The second-order valence-corrected chi connectivity index (χ2v) is 5.98. The van der Waals surface area contributed by atoms with E-state index in [1.54, 1.807) is 13.8 Å². The van der Waals surface area contributed by atoms with Crippen molar-refractivity contribution in [1.29, 1.82) is 0 Å². The van der Waals surface area contributed by atoms with E-state index in [9.17, 15) is 9.59 Å². The third kappa shape index (κ3) is 2.97. The van der Waals surface area contributed by atoms with Gasteiger partial charge < -0.3 is 10.4 Å². The van der Waals surface area contributed by atoms with Crippen LogP contribution in [-0.4, -0.2) is 23.5 Å². The molecule has 1 fully saturated rings. The van der Waals surface area contributed by atoms with Gasteiger partial charge in [0.1, 0.15) is 0 Å². The molecule has 4 heteroatoms. The molecule has 1 aliphatic carbocycles. The SMILES string of the molecule is CC(C)(CCNC(=O)[C@H]1CC1(C)C)C(=O)O. The number of rotatable bonds is 5. The average molecular weight is 227 g/mol. The summed E-state index contributed by atoms with van der Waals surface area (Å²) in [5.41, 5.74) is -0.640. The first-order chi connectivity index (χ1) is 7.17. The standard InChI is InChI=1S/C12H21NO3/c1-11(2,10(15)16)5-6-13-9(14)8-7-12(8,3)4/h8H,5-7H2,1-4H3,(H,13,14)(H,15,16)/t8-/m1/s1. The first-order valence-corrected chi connectivity index (χ1v) is 5.68. The van der Waals surface area contributed by atoms with Gasteiger partial charge in [0.25, 0.3) is 0 Å². The van der Waals surface area contributed by atoms with Gasteiger partial charge in [0.2, 0.25) is 5.91 Å². The Labute approximate surface area is 96.4 Å². The summed E-state index contributed by atoms with van der Waals surface area (Å²) in [4.78, 5) is 22.5. The monoisotopic (exact) mass is 227 g/mol. The van der Waals surface area contributed by atoms with Crippen molar-refractivity contribution in [3.63, 3.8) is 0 Å². The minimum absolute atomic E-state index is 0.0613. The zero-order valence-corrected chi connectivity index (χ0v) is 10.5. The maximum absolute atomic E-state index is 11.6. The molecule has 0 radical (unpaired) electrons. The number of hydrogen-bond donors (Lipinski definition) is 2. The largest absolute Gasteiger partial charge is 0.481 e. The lowest BCUT2D eigenvalue weighted by Gasteiger charge is -2.19. The molecule has 0 aromatic heterocycles. The minimum Gasteiger partial charge on any atom is -0.481 e. The fourth-order valence-corrected chi connectivity index (χ4v) is 1.64. The molecule has 1 amide bonds. The van der Waals surface area contributed by atoms with E-state index in [-0.39, 0.29) is 17.2 Å². The van der Waals surface area contributed by atoms with Crippen molar-refractivity contribution >= 4 is 11.9 Å². The number of carboxylic acids is 1. The average Bonchev–Trinajstić information content (AvgIpc) is 2.74. The molecule has 1 atom stereocenters. The molecule has 2 N–H and O–H groups in total. The Morgan fingerprint density at radius 2 is 1.94 bits per heavy atom. The molecule has 0 saturated heterocycles. The van der Waals surface area contributed by atoms with E-state index in [4.69, 9.17) is 5.11 Å². The van der Waals surface area contributed by atoms with Gasteiger partial charge in [-0.3, -0.25) is 9.59 Å². The molecule has 16 heavy (non-hydrogen) atoms. The van der Waals surface area contributed by atoms with Gasteiger partial charge in [0.15, 0.2) is 0 Å². The van der Waals surface area contributed by atoms with E-state index in [1.165, 1.54) is 0 Å². The van der Waals surface area contributed by atoms with E-state index < -0.39 is 11.4 Å². The number of carbonyl (C=O) groups excluding carboxylic acids is 1. The molecule has 1 aliphatic rings.